The SMILES string of the molecule is O=C(c1cc(Cl)ccc1I)N1CCN(c2ccc(C(F)(F)F)cn2)CC1. The topological polar surface area (TPSA) is 36.4 Å². The minimum absolute atomic E-state index is 0.100. The van der Waals surface area contributed by atoms with Crippen LogP contribution < -0.4 is 4.90 Å². The van der Waals surface area contributed by atoms with Crippen LogP contribution in [0.15, 0.2) is 36.5 Å². The van der Waals surface area contributed by atoms with Crippen molar-refractivity contribution in [2.45, 2.75) is 6.18 Å². The van der Waals surface area contributed by atoms with Crippen molar-refractivity contribution in [3.05, 3.63) is 56.2 Å². The summed E-state index contributed by atoms with van der Waals surface area (Å²) in [6.45, 7) is 1.93. The molecule has 1 fully saturated rings. The van der Waals surface area contributed by atoms with Crippen LogP contribution in [0.4, 0.5) is 19.0 Å². The number of hydrogen-bond acceptors (Lipinski definition) is 3. The van der Waals surface area contributed by atoms with Crippen LogP contribution in [0.3, 0.4) is 0 Å². The van der Waals surface area contributed by atoms with E-state index in [-0.39, 0.29) is 5.91 Å². The molecule has 0 unspecified atom stereocenters. The molecule has 2 heterocycles. The van der Waals surface area contributed by atoms with E-state index in [1.54, 1.807) is 23.1 Å². The molecule has 0 spiro atoms. The van der Waals surface area contributed by atoms with Gasteiger partial charge in [-0.05, 0) is 52.9 Å². The molecule has 1 aliphatic heterocycles. The number of aromatic nitrogens is 1. The van der Waals surface area contributed by atoms with Gasteiger partial charge in [0.25, 0.3) is 5.91 Å². The van der Waals surface area contributed by atoms with E-state index in [0.717, 1.165) is 15.8 Å². The Bertz CT molecular complexity index is 806. The predicted molar refractivity (Wildman–Crippen MR) is 102 cm³/mol. The lowest BCUT2D eigenvalue weighted by Gasteiger charge is -2.35. The van der Waals surface area contributed by atoms with E-state index in [9.17, 15) is 18.0 Å². The van der Waals surface area contributed by atoms with Crippen molar-refractivity contribution in [1.82, 2.24) is 9.88 Å². The first-order valence-corrected chi connectivity index (χ1v) is 9.24. The molecule has 0 bridgehead atoms. The normalized spacial score (nSPS) is 15.3. The maximum absolute atomic E-state index is 12.7. The highest BCUT2D eigenvalue weighted by Gasteiger charge is 2.31. The summed E-state index contributed by atoms with van der Waals surface area (Å²) in [5, 5.41) is 0.501. The fourth-order valence-corrected chi connectivity index (χ4v) is 3.45. The number of nitrogens with zero attached hydrogens (tertiary/aromatic N) is 3. The molecule has 0 radical (unpaired) electrons. The van der Waals surface area contributed by atoms with E-state index in [0.29, 0.717) is 42.6 Å². The fraction of sp³-hybridized carbons (Fsp3) is 0.294. The molecule has 3 rings (SSSR count). The summed E-state index contributed by atoms with van der Waals surface area (Å²) in [7, 11) is 0. The number of hydrogen-bond donors (Lipinski definition) is 0. The highest BCUT2D eigenvalue weighted by atomic mass is 127. The van der Waals surface area contributed by atoms with Gasteiger partial charge in [-0.15, -0.1) is 0 Å². The van der Waals surface area contributed by atoms with Gasteiger partial charge >= 0.3 is 6.18 Å². The van der Waals surface area contributed by atoms with Gasteiger partial charge in [-0.2, -0.15) is 13.2 Å². The number of carbonyl (C=O) groups is 1. The van der Waals surface area contributed by atoms with Gasteiger partial charge in [0.1, 0.15) is 5.82 Å². The van der Waals surface area contributed by atoms with Gasteiger partial charge in [-0.3, -0.25) is 4.79 Å². The number of alkyl halides is 3. The second kappa shape index (κ2) is 7.59. The zero-order valence-electron chi connectivity index (χ0n) is 13.4. The van der Waals surface area contributed by atoms with Crippen LogP contribution in [0.1, 0.15) is 15.9 Å². The third-order valence-corrected chi connectivity index (χ3v) is 5.30. The number of rotatable bonds is 2. The Morgan fingerprint density at radius 3 is 2.38 bits per heavy atom. The molecule has 2 aromatic rings. The van der Waals surface area contributed by atoms with Crippen molar-refractivity contribution in [3.63, 3.8) is 0 Å². The smallest absolute Gasteiger partial charge is 0.353 e. The Balaban J connectivity index is 1.65. The molecule has 138 valence electrons. The lowest BCUT2D eigenvalue weighted by atomic mass is 10.2. The Hall–Kier alpha value is -1.55. The minimum Gasteiger partial charge on any atom is -0.353 e. The Morgan fingerprint density at radius 2 is 1.81 bits per heavy atom. The monoisotopic (exact) mass is 495 g/mol. The molecule has 9 heteroatoms. The number of pyridine rings is 1. The maximum Gasteiger partial charge on any atom is 0.417 e. The number of piperazine rings is 1. The zero-order chi connectivity index (χ0) is 18.9. The molecule has 0 N–H and O–H groups in total. The quantitative estimate of drug-likeness (QED) is 0.583. The molecule has 1 aromatic carbocycles. The summed E-state index contributed by atoms with van der Waals surface area (Å²) in [4.78, 5) is 20.2. The van der Waals surface area contributed by atoms with Crippen LogP contribution in [0.2, 0.25) is 5.02 Å². The van der Waals surface area contributed by atoms with Crippen LogP contribution >= 0.6 is 34.2 Å². The molecular weight excluding hydrogens is 482 g/mol. The molecular formula is C17H14ClF3IN3O. The highest BCUT2D eigenvalue weighted by molar-refractivity contribution is 14.1. The maximum atomic E-state index is 12.7. The third-order valence-electron chi connectivity index (χ3n) is 4.12. The average Bonchev–Trinajstić information content (AvgIpc) is 2.63. The number of halogens is 5. The van der Waals surface area contributed by atoms with Crippen LogP contribution in [0.5, 0.6) is 0 Å². The molecule has 1 amide bonds. The number of carbonyl (C=O) groups excluding carboxylic acids is 1. The fourth-order valence-electron chi connectivity index (χ4n) is 2.71. The molecule has 0 atom stereocenters. The van der Waals surface area contributed by atoms with Gasteiger partial charge in [0, 0.05) is 41.0 Å². The van der Waals surface area contributed by atoms with Crippen molar-refractivity contribution >= 4 is 45.9 Å². The molecule has 1 aromatic heterocycles. The third kappa shape index (κ3) is 4.22. The number of amides is 1. The molecule has 26 heavy (non-hydrogen) atoms. The highest BCUT2D eigenvalue weighted by Crippen LogP contribution is 2.29. The Kier molecular flexibility index (Phi) is 5.61. The second-order valence-corrected chi connectivity index (χ2v) is 7.40. The van der Waals surface area contributed by atoms with Crippen LogP contribution in [-0.4, -0.2) is 42.0 Å². The first-order valence-electron chi connectivity index (χ1n) is 7.78. The Labute approximate surface area is 167 Å². The lowest BCUT2D eigenvalue weighted by Crippen LogP contribution is -2.49. The summed E-state index contributed by atoms with van der Waals surface area (Å²) in [6, 6.07) is 7.55. The van der Waals surface area contributed by atoms with Gasteiger partial charge in [0.2, 0.25) is 0 Å². The summed E-state index contributed by atoms with van der Waals surface area (Å²) >= 11 is 8.07. The average molecular weight is 496 g/mol. The van der Waals surface area contributed by atoms with E-state index in [1.807, 2.05) is 4.90 Å². The molecule has 0 saturated carbocycles. The van der Waals surface area contributed by atoms with Crippen molar-refractivity contribution in [1.29, 1.82) is 0 Å². The standard InChI is InChI=1S/C17H14ClF3IN3O/c18-12-2-3-14(22)13(9-12)16(26)25-7-5-24(6-8-25)15-4-1-11(10-23-15)17(19,20)21/h1-4,9-10H,5-8H2. The predicted octanol–water partition coefficient (Wildman–Crippen LogP) is 4.32. The second-order valence-electron chi connectivity index (χ2n) is 5.81. The number of benzene rings is 1. The van der Waals surface area contributed by atoms with Crippen LogP contribution in [0.25, 0.3) is 0 Å². The van der Waals surface area contributed by atoms with Crippen molar-refractivity contribution in [3.8, 4) is 0 Å². The van der Waals surface area contributed by atoms with Gasteiger partial charge < -0.3 is 9.80 Å². The van der Waals surface area contributed by atoms with Gasteiger partial charge in [0.15, 0.2) is 0 Å². The first kappa shape index (κ1) is 19.2. The van der Waals surface area contributed by atoms with Crippen molar-refractivity contribution < 1.29 is 18.0 Å². The van der Waals surface area contributed by atoms with E-state index < -0.39 is 11.7 Å². The van der Waals surface area contributed by atoms with E-state index in [1.165, 1.54) is 6.07 Å². The molecule has 4 nitrogen and oxygen atoms in total. The van der Waals surface area contributed by atoms with Gasteiger partial charge in [0.05, 0.1) is 11.1 Å². The van der Waals surface area contributed by atoms with Crippen LogP contribution in [-0.2, 0) is 6.18 Å². The summed E-state index contributed by atoms with van der Waals surface area (Å²) < 4.78 is 38.7. The molecule has 1 saturated heterocycles. The van der Waals surface area contributed by atoms with E-state index in [4.69, 9.17) is 11.6 Å². The van der Waals surface area contributed by atoms with E-state index >= 15 is 0 Å². The molecule has 0 aliphatic carbocycles. The van der Waals surface area contributed by atoms with Gasteiger partial charge in [-0.1, -0.05) is 11.6 Å². The zero-order valence-corrected chi connectivity index (χ0v) is 16.3. The van der Waals surface area contributed by atoms with Crippen molar-refractivity contribution in [2.24, 2.45) is 0 Å². The molecule has 1 aliphatic rings. The summed E-state index contributed by atoms with van der Waals surface area (Å²) in [5.41, 5.74) is -0.218. The minimum atomic E-state index is -4.40. The summed E-state index contributed by atoms with van der Waals surface area (Å²) in [5.74, 6) is 0.374. The van der Waals surface area contributed by atoms with Crippen LogP contribution in [0, 0.1) is 3.57 Å². The lowest BCUT2D eigenvalue weighted by molar-refractivity contribution is -0.137. The number of anilines is 1. The van der Waals surface area contributed by atoms with Crippen molar-refractivity contribution in [2.75, 3.05) is 31.1 Å². The summed E-state index contributed by atoms with van der Waals surface area (Å²) in [6.07, 6.45) is -3.56. The first-order chi connectivity index (χ1) is 12.3. The van der Waals surface area contributed by atoms with Gasteiger partial charge in [-0.25, -0.2) is 4.98 Å². The Morgan fingerprint density at radius 1 is 1.12 bits per heavy atom. The largest absolute Gasteiger partial charge is 0.417 e. The van der Waals surface area contributed by atoms with E-state index in [2.05, 4.69) is 27.6 Å².